The van der Waals surface area contributed by atoms with Gasteiger partial charge >= 0.3 is 0 Å². The molecule has 31 heavy (non-hydrogen) atoms. The average molecular weight is 416 g/mol. The SMILES string of the molecule is CN1CCN(c2ccc(Nc3ncc(-c4ccn(C)c(=O)c4)n4ccnc34)cc2)CC1. The van der Waals surface area contributed by atoms with Gasteiger partial charge in [0.2, 0.25) is 0 Å². The number of nitrogens with zero attached hydrogens (tertiary/aromatic N) is 6. The van der Waals surface area contributed by atoms with E-state index in [0.29, 0.717) is 11.5 Å². The molecule has 1 fully saturated rings. The highest BCUT2D eigenvalue weighted by molar-refractivity contribution is 5.74. The van der Waals surface area contributed by atoms with Crippen molar-refractivity contribution in [1.82, 2.24) is 23.8 Å². The van der Waals surface area contributed by atoms with Gasteiger partial charge in [-0.3, -0.25) is 9.20 Å². The molecule has 0 unspecified atom stereocenters. The second kappa shape index (κ2) is 7.88. The maximum Gasteiger partial charge on any atom is 0.250 e. The Labute approximate surface area is 180 Å². The van der Waals surface area contributed by atoms with Gasteiger partial charge in [0.15, 0.2) is 11.5 Å². The fraction of sp³-hybridized carbons (Fsp3) is 0.261. The van der Waals surface area contributed by atoms with Crippen LogP contribution in [0, 0.1) is 0 Å². The average Bonchev–Trinajstić information content (AvgIpc) is 3.28. The first kappa shape index (κ1) is 19.3. The Kier molecular flexibility index (Phi) is 4.91. The van der Waals surface area contributed by atoms with E-state index in [1.165, 1.54) is 5.69 Å². The molecular weight excluding hydrogens is 390 g/mol. The first-order chi connectivity index (χ1) is 15.1. The number of nitrogens with one attached hydrogen (secondary N) is 1. The molecule has 3 aromatic heterocycles. The lowest BCUT2D eigenvalue weighted by molar-refractivity contribution is 0.313. The molecule has 0 amide bonds. The van der Waals surface area contributed by atoms with Crippen LogP contribution in [0.4, 0.5) is 17.2 Å². The molecule has 0 aliphatic carbocycles. The van der Waals surface area contributed by atoms with E-state index in [1.807, 2.05) is 16.7 Å². The molecule has 158 valence electrons. The fourth-order valence-corrected chi connectivity index (χ4v) is 3.89. The maximum absolute atomic E-state index is 12.1. The van der Waals surface area contributed by atoms with E-state index < -0.39 is 0 Å². The van der Waals surface area contributed by atoms with Crippen LogP contribution in [-0.2, 0) is 7.05 Å². The van der Waals surface area contributed by atoms with Crippen LogP contribution >= 0.6 is 0 Å². The van der Waals surface area contributed by atoms with E-state index in [4.69, 9.17) is 0 Å². The van der Waals surface area contributed by atoms with Crippen LogP contribution in [0.1, 0.15) is 0 Å². The number of anilines is 3. The largest absolute Gasteiger partial charge is 0.369 e. The number of imidazole rings is 1. The van der Waals surface area contributed by atoms with Gasteiger partial charge in [0.05, 0.1) is 11.9 Å². The van der Waals surface area contributed by atoms with Crippen molar-refractivity contribution in [2.75, 3.05) is 43.4 Å². The van der Waals surface area contributed by atoms with Crippen molar-refractivity contribution < 1.29 is 0 Å². The Morgan fingerprint density at radius 1 is 0.935 bits per heavy atom. The molecule has 1 N–H and O–H groups in total. The lowest BCUT2D eigenvalue weighted by atomic mass is 10.2. The molecule has 1 aliphatic rings. The van der Waals surface area contributed by atoms with Crippen LogP contribution < -0.4 is 15.8 Å². The molecule has 4 heterocycles. The maximum atomic E-state index is 12.1. The molecule has 1 saturated heterocycles. The lowest BCUT2D eigenvalue weighted by Crippen LogP contribution is -2.44. The number of aromatic nitrogens is 4. The molecule has 4 aromatic rings. The molecule has 1 aliphatic heterocycles. The minimum atomic E-state index is -0.0617. The molecular formula is C23H25N7O. The Hall–Kier alpha value is -3.65. The Bertz CT molecular complexity index is 1270. The number of aryl methyl sites for hydroxylation is 1. The molecule has 1 aromatic carbocycles. The van der Waals surface area contributed by atoms with Crippen LogP contribution in [-0.4, -0.2) is 57.1 Å². The third-order valence-electron chi connectivity index (χ3n) is 5.83. The molecule has 8 nitrogen and oxygen atoms in total. The third-order valence-corrected chi connectivity index (χ3v) is 5.83. The number of benzene rings is 1. The van der Waals surface area contributed by atoms with Gasteiger partial charge in [-0.2, -0.15) is 0 Å². The van der Waals surface area contributed by atoms with E-state index in [2.05, 4.69) is 56.4 Å². The highest BCUT2D eigenvalue weighted by Gasteiger charge is 2.15. The summed E-state index contributed by atoms with van der Waals surface area (Å²) in [4.78, 5) is 25.9. The van der Waals surface area contributed by atoms with Gasteiger partial charge < -0.3 is 19.7 Å². The standard InChI is InChI=1S/C23H25N7O/c1-27-11-13-29(14-12-27)19-5-3-18(4-6-19)26-22-23-24-8-10-30(23)20(16-25-22)17-7-9-28(2)21(31)15-17/h3-10,15-16H,11-14H2,1-2H3,(H,25,26). The summed E-state index contributed by atoms with van der Waals surface area (Å²) in [7, 11) is 3.90. The van der Waals surface area contributed by atoms with E-state index >= 15 is 0 Å². The molecule has 0 spiro atoms. The Morgan fingerprint density at radius 2 is 1.71 bits per heavy atom. The second-order valence-corrected chi connectivity index (χ2v) is 7.94. The summed E-state index contributed by atoms with van der Waals surface area (Å²) in [6.45, 7) is 4.26. The van der Waals surface area contributed by atoms with Crippen molar-refractivity contribution in [3.05, 3.63) is 71.5 Å². The smallest absolute Gasteiger partial charge is 0.250 e. The van der Waals surface area contributed by atoms with E-state index in [1.54, 1.807) is 36.3 Å². The summed E-state index contributed by atoms with van der Waals surface area (Å²) >= 11 is 0. The van der Waals surface area contributed by atoms with Gasteiger partial charge in [-0.05, 0) is 37.4 Å². The summed E-state index contributed by atoms with van der Waals surface area (Å²) in [5.74, 6) is 0.671. The minimum Gasteiger partial charge on any atom is -0.369 e. The molecule has 8 heteroatoms. The minimum absolute atomic E-state index is 0.0617. The van der Waals surface area contributed by atoms with Crippen LogP contribution in [0.5, 0.6) is 0 Å². The highest BCUT2D eigenvalue weighted by atomic mass is 16.1. The summed E-state index contributed by atoms with van der Waals surface area (Å²) in [5.41, 5.74) is 4.47. The van der Waals surface area contributed by atoms with Crippen molar-refractivity contribution in [2.24, 2.45) is 7.05 Å². The number of pyridine rings is 1. The van der Waals surface area contributed by atoms with E-state index in [-0.39, 0.29) is 5.56 Å². The number of hydrogen-bond acceptors (Lipinski definition) is 6. The van der Waals surface area contributed by atoms with E-state index in [9.17, 15) is 4.79 Å². The van der Waals surface area contributed by atoms with Gasteiger partial charge in [0.1, 0.15) is 0 Å². The van der Waals surface area contributed by atoms with Crippen molar-refractivity contribution in [3.8, 4) is 11.3 Å². The Balaban J connectivity index is 1.41. The number of rotatable bonds is 4. The summed E-state index contributed by atoms with van der Waals surface area (Å²) in [5, 5.41) is 3.38. The summed E-state index contributed by atoms with van der Waals surface area (Å²) < 4.78 is 3.49. The van der Waals surface area contributed by atoms with Gasteiger partial charge in [0, 0.05) is 74.8 Å². The fourth-order valence-electron chi connectivity index (χ4n) is 3.89. The van der Waals surface area contributed by atoms with Gasteiger partial charge in [-0.25, -0.2) is 9.97 Å². The van der Waals surface area contributed by atoms with Crippen LogP contribution in [0.15, 0.2) is 66.0 Å². The van der Waals surface area contributed by atoms with Crippen molar-refractivity contribution in [2.45, 2.75) is 0 Å². The predicted molar refractivity (Wildman–Crippen MR) is 123 cm³/mol. The summed E-state index contributed by atoms with van der Waals surface area (Å²) in [6.07, 6.45) is 7.15. The van der Waals surface area contributed by atoms with Crippen LogP contribution in [0.2, 0.25) is 0 Å². The number of hydrogen-bond donors (Lipinski definition) is 1. The number of fused-ring (bicyclic) bond motifs is 1. The number of likely N-dealkylation sites (N-methyl/N-ethyl adjacent to an activating group) is 1. The molecule has 0 atom stereocenters. The second-order valence-electron chi connectivity index (χ2n) is 7.94. The highest BCUT2D eigenvalue weighted by Crippen LogP contribution is 2.26. The Morgan fingerprint density at radius 3 is 2.45 bits per heavy atom. The lowest BCUT2D eigenvalue weighted by Gasteiger charge is -2.34. The first-order valence-corrected chi connectivity index (χ1v) is 10.4. The molecule has 0 saturated carbocycles. The zero-order valence-electron chi connectivity index (χ0n) is 17.7. The number of piperazine rings is 1. The van der Waals surface area contributed by atoms with Crippen molar-refractivity contribution in [3.63, 3.8) is 0 Å². The zero-order chi connectivity index (χ0) is 21.4. The quantitative estimate of drug-likeness (QED) is 0.553. The normalized spacial score (nSPS) is 14.8. The first-order valence-electron chi connectivity index (χ1n) is 10.4. The molecule has 5 rings (SSSR count). The van der Waals surface area contributed by atoms with Crippen LogP contribution in [0.3, 0.4) is 0 Å². The van der Waals surface area contributed by atoms with Gasteiger partial charge in [0.25, 0.3) is 5.56 Å². The third kappa shape index (κ3) is 3.77. The van der Waals surface area contributed by atoms with Gasteiger partial charge in [-0.15, -0.1) is 0 Å². The van der Waals surface area contributed by atoms with Crippen molar-refractivity contribution >= 4 is 22.8 Å². The van der Waals surface area contributed by atoms with E-state index in [0.717, 1.165) is 43.1 Å². The van der Waals surface area contributed by atoms with Crippen molar-refractivity contribution in [1.29, 1.82) is 0 Å². The van der Waals surface area contributed by atoms with Crippen LogP contribution in [0.25, 0.3) is 16.9 Å². The molecule has 0 bridgehead atoms. The monoisotopic (exact) mass is 415 g/mol. The summed E-state index contributed by atoms with van der Waals surface area (Å²) in [6, 6.07) is 11.9. The zero-order valence-corrected chi connectivity index (χ0v) is 17.7. The topological polar surface area (TPSA) is 70.7 Å². The predicted octanol–water partition coefficient (Wildman–Crippen LogP) is 2.59. The van der Waals surface area contributed by atoms with Gasteiger partial charge in [-0.1, -0.05) is 0 Å². The molecule has 0 radical (unpaired) electrons.